The minimum absolute atomic E-state index is 0.343. The lowest BCUT2D eigenvalue weighted by atomic mass is 9.75. The molecule has 1 aliphatic rings. The second kappa shape index (κ2) is 4.58. The molecule has 0 N–H and O–H groups in total. The molecule has 1 fully saturated rings. The van der Waals surface area contributed by atoms with Gasteiger partial charge in [-0.1, -0.05) is 67.6 Å². The molecule has 92 valence electrons. The molecule has 0 bridgehead atoms. The van der Waals surface area contributed by atoms with E-state index in [-0.39, 0.29) is 0 Å². The molecule has 0 unspecified atom stereocenters. The summed E-state index contributed by atoms with van der Waals surface area (Å²) in [6.07, 6.45) is 0. The average molecular weight is 237 g/mol. The van der Waals surface area contributed by atoms with E-state index in [2.05, 4.69) is 72.5 Å². The van der Waals surface area contributed by atoms with E-state index in [4.69, 9.17) is 0 Å². The van der Waals surface area contributed by atoms with Gasteiger partial charge in [0.15, 0.2) is 0 Å². The monoisotopic (exact) mass is 237 g/mol. The molecular weight excluding hydrogens is 218 g/mol. The van der Waals surface area contributed by atoms with Crippen molar-refractivity contribution in [1.29, 1.82) is 0 Å². The zero-order valence-electron chi connectivity index (χ0n) is 10.8. The van der Waals surface area contributed by atoms with Gasteiger partial charge in [-0.3, -0.25) is 4.90 Å². The first-order valence-electron chi connectivity index (χ1n) is 6.58. The lowest BCUT2D eigenvalue weighted by molar-refractivity contribution is 0.0704. The molecule has 18 heavy (non-hydrogen) atoms. The molecular formula is C17H19N. The van der Waals surface area contributed by atoms with Gasteiger partial charge in [-0.05, 0) is 11.1 Å². The van der Waals surface area contributed by atoms with E-state index in [0.29, 0.717) is 5.41 Å². The summed E-state index contributed by atoms with van der Waals surface area (Å²) < 4.78 is 0. The summed E-state index contributed by atoms with van der Waals surface area (Å²) in [5.74, 6) is 0. The Labute approximate surface area is 109 Å². The summed E-state index contributed by atoms with van der Waals surface area (Å²) >= 11 is 0. The first-order valence-corrected chi connectivity index (χ1v) is 6.58. The van der Waals surface area contributed by atoms with Crippen molar-refractivity contribution in [3.63, 3.8) is 0 Å². The number of likely N-dealkylation sites (tertiary alicyclic amines) is 1. The van der Waals surface area contributed by atoms with Gasteiger partial charge in [-0.25, -0.2) is 0 Å². The molecule has 0 atom stereocenters. The maximum Gasteiger partial charge on any atom is 0.0234 e. The highest BCUT2D eigenvalue weighted by Crippen LogP contribution is 2.34. The van der Waals surface area contributed by atoms with E-state index in [9.17, 15) is 0 Å². The minimum atomic E-state index is 0.343. The maximum atomic E-state index is 2.52. The van der Waals surface area contributed by atoms with Crippen LogP contribution in [0.5, 0.6) is 0 Å². The van der Waals surface area contributed by atoms with Crippen LogP contribution >= 0.6 is 0 Å². The van der Waals surface area contributed by atoms with Crippen molar-refractivity contribution in [2.45, 2.75) is 18.9 Å². The Morgan fingerprint density at radius 1 is 0.889 bits per heavy atom. The Hall–Kier alpha value is -1.60. The van der Waals surface area contributed by atoms with Gasteiger partial charge in [0.2, 0.25) is 0 Å². The number of rotatable bonds is 3. The Morgan fingerprint density at radius 2 is 1.44 bits per heavy atom. The molecule has 0 aromatic heterocycles. The summed E-state index contributed by atoms with van der Waals surface area (Å²) in [5, 5.41) is 0. The first kappa shape index (κ1) is 11.5. The third-order valence-electron chi connectivity index (χ3n) is 3.86. The van der Waals surface area contributed by atoms with Crippen LogP contribution in [0.15, 0.2) is 60.7 Å². The van der Waals surface area contributed by atoms with Gasteiger partial charge in [0, 0.05) is 25.0 Å². The molecule has 1 nitrogen and oxygen atoms in total. The molecule has 1 heteroatoms. The Balaban J connectivity index is 1.63. The third-order valence-corrected chi connectivity index (χ3v) is 3.86. The average Bonchev–Trinajstić information content (AvgIpc) is 2.39. The van der Waals surface area contributed by atoms with E-state index in [1.807, 2.05) is 0 Å². The first-order chi connectivity index (χ1) is 8.76. The Kier molecular flexibility index (Phi) is 2.92. The van der Waals surface area contributed by atoms with Gasteiger partial charge in [0.05, 0.1) is 0 Å². The fourth-order valence-electron chi connectivity index (χ4n) is 2.92. The van der Waals surface area contributed by atoms with Crippen LogP contribution in [0, 0.1) is 0 Å². The zero-order valence-corrected chi connectivity index (χ0v) is 10.8. The lowest BCUT2D eigenvalue weighted by Gasteiger charge is -2.48. The van der Waals surface area contributed by atoms with Crippen LogP contribution in [0.1, 0.15) is 18.1 Å². The standard InChI is InChI=1S/C17H19N/c1-17(16-10-6-3-7-11-16)13-18(14-17)12-15-8-4-2-5-9-15/h2-11H,12-14H2,1H3. The van der Waals surface area contributed by atoms with Crippen molar-refractivity contribution in [3.05, 3.63) is 71.8 Å². The SMILES string of the molecule is CC1(c2ccccc2)CN(Cc2ccccc2)C1. The summed E-state index contributed by atoms with van der Waals surface area (Å²) in [6.45, 7) is 5.75. The van der Waals surface area contributed by atoms with Gasteiger partial charge >= 0.3 is 0 Å². The molecule has 0 saturated carbocycles. The molecule has 2 aromatic rings. The molecule has 0 aliphatic carbocycles. The summed E-state index contributed by atoms with van der Waals surface area (Å²) in [7, 11) is 0. The van der Waals surface area contributed by atoms with Crippen LogP contribution in [0.4, 0.5) is 0 Å². The topological polar surface area (TPSA) is 3.24 Å². The second-order valence-electron chi connectivity index (χ2n) is 5.56. The molecule has 1 aliphatic heterocycles. The Bertz CT molecular complexity index is 498. The van der Waals surface area contributed by atoms with Crippen molar-refractivity contribution in [3.8, 4) is 0 Å². The third kappa shape index (κ3) is 2.19. The molecule has 0 amide bonds. The van der Waals surface area contributed by atoms with E-state index in [1.165, 1.54) is 11.1 Å². The van der Waals surface area contributed by atoms with Crippen LogP contribution < -0.4 is 0 Å². The van der Waals surface area contributed by atoms with Crippen LogP contribution in [0.25, 0.3) is 0 Å². The summed E-state index contributed by atoms with van der Waals surface area (Å²) in [5.41, 5.74) is 3.22. The fourth-order valence-corrected chi connectivity index (χ4v) is 2.92. The number of nitrogens with zero attached hydrogens (tertiary/aromatic N) is 1. The van der Waals surface area contributed by atoms with Gasteiger partial charge in [0.1, 0.15) is 0 Å². The van der Waals surface area contributed by atoms with Crippen LogP contribution in [-0.2, 0) is 12.0 Å². The van der Waals surface area contributed by atoms with E-state index >= 15 is 0 Å². The zero-order chi connectivity index (χ0) is 12.4. The number of hydrogen-bond donors (Lipinski definition) is 0. The molecule has 1 saturated heterocycles. The van der Waals surface area contributed by atoms with Gasteiger partial charge < -0.3 is 0 Å². The molecule has 3 rings (SSSR count). The van der Waals surface area contributed by atoms with Crippen LogP contribution in [0.3, 0.4) is 0 Å². The molecule has 2 aromatic carbocycles. The maximum absolute atomic E-state index is 2.52. The fraction of sp³-hybridized carbons (Fsp3) is 0.294. The van der Waals surface area contributed by atoms with Gasteiger partial charge in [-0.2, -0.15) is 0 Å². The minimum Gasteiger partial charge on any atom is -0.297 e. The highest BCUT2D eigenvalue weighted by molar-refractivity contribution is 5.29. The Morgan fingerprint density at radius 3 is 2.06 bits per heavy atom. The quantitative estimate of drug-likeness (QED) is 0.790. The van der Waals surface area contributed by atoms with Gasteiger partial charge in [0.25, 0.3) is 0 Å². The normalized spacial score (nSPS) is 18.3. The van der Waals surface area contributed by atoms with E-state index < -0.39 is 0 Å². The number of benzene rings is 2. The van der Waals surface area contributed by atoms with E-state index in [1.54, 1.807) is 0 Å². The van der Waals surface area contributed by atoms with Crippen molar-refractivity contribution < 1.29 is 0 Å². The summed E-state index contributed by atoms with van der Waals surface area (Å²) in [4.78, 5) is 2.52. The van der Waals surface area contributed by atoms with Crippen LogP contribution in [0.2, 0.25) is 0 Å². The number of hydrogen-bond acceptors (Lipinski definition) is 1. The van der Waals surface area contributed by atoms with Crippen molar-refractivity contribution in [1.82, 2.24) is 4.90 Å². The van der Waals surface area contributed by atoms with Crippen molar-refractivity contribution in [2.75, 3.05) is 13.1 Å². The predicted molar refractivity (Wildman–Crippen MR) is 75.5 cm³/mol. The molecule has 0 spiro atoms. The lowest BCUT2D eigenvalue weighted by Crippen LogP contribution is -2.56. The smallest absolute Gasteiger partial charge is 0.0234 e. The molecule has 0 radical (unpaired) electrons. The molecule has 1 heterocycles. The van der Waals surface area contributed by atoms with Crippen LogP contribution in [-0.4, -0.2) is 18.0 Å². The highest BCUT2D eigenvalue weighted by Gasteiger charge is 2.39. The predicted octanol–water partition coefficient (Wildman–Crippen LogP) is 3.46. The second-order valence-corrected chi connectivity index (χ2v) is 5.56. The van der Waals surface area contributed by atoms with Gasteiger partial charge in [-0.15, -0.1) is 0 Å². The largest absolute Gasteiger partial charge is 0.297 e. The summed E-state index contributed by atoms with van der Waals surface area (Å²) in [6, 6.07) is 21.6. The van der Waals surface area contributed by atoms with E-state index in [0.717, 1.165) is 19.6 Å². The van der Waals surface area contributed by atoms with Crippen molar-refractivity contribution in [2.24, 2.45) is 0 Å². The highest BCUT2D eigenvalue weighted by atomic mass is 15.2. The van der Waals surface area contributed by atoms with Crippen molar-refractivity contribution >= 4 is 0 Å².